The van der Waals surface area contributed by atoms with Gasteiger partial charge in [0.05, 0.1) is 15.7 Å². The van der Waals surface area contributed by atoms with Gasteiger partial charge in [-0.2, -0.15) is 0 Å². The lowest BCUT2D eigenvalue weighted by atomic mass is 10.0. The summed E-state index contributed by atoms with van der Waals surface area (Å²) >= 11 is 1.24. The van der Waals surface area contributed by atoms with Crippen molar-refractivity contribution in [3.05, 3.63) is 33.9 Å². The number of thioether (sulfide) groups is 1. The molecule has 0 spiro atoms. The lowest BCUT2D eigenvalue weighted by Gasteiger charge is -2.23. The zero-order chi connectivity index (χ0) is 16.4. The number of likely N-dealkylation sites (tertiary alicyclic amines) is 1. The Labute approximate surface area is 131 Å². The van der Waals surface area contributed by atoms with Gasteiger partial charge in [-0.25, -0.2) is 0 Å². The number of amides is 1. The summed E-state index contributed by atoms with van der Waals surface area (Å²) in [4.78, 5) is 36.1. The van der Waals surface area contributed by atoms with Crippen LogP contribution in [0.25, 0.3) is 0 Å². The van der Waals surface area contributed by atoms with Crippen molar-refractivity contribution in [3.63, 3.8) is 0 Å². The quantitative estimate of drug-likeness (QED) is 0.518. The maximum Gasteiger partial charge on any atom is 0.308 e. The van der Waals surface area contributed by atoms with Gasteiger partial charge in [0.25, 0.3) is 11.6 Å². The van der Waals surface area contributed by atoms with E-state index in [1.807, 2.05) is 0 Å². The standard InChI is InChI=1S/C14H16N2O5S/c1-8-10(14(18)19)5-6-15(8)13(17)9-3-4-12(22-2)11(7-9)16(20)21/h3-4,7-8,10H,5-6H2,1-2H3,(H,18,19). The number of carbonyl (C=O) groups excluding carboxylic acids is 1. The number of carboxylic acid groups (broad SMARTS) is 1. The molecular formula is C14H16N2O5S. The van der Waals surface area contributed by atoms with E-state index < -0.39 is 22.9 Å². The Morgan fingerprint density at radius 3 is 2.64 bits per heavy atom. The zero-order valence-electron chi connectivity index (χ0n) is 12.2. The summed E-state index contributed by atoms with van der Waals surface area (Å²) in [5, 5.41) is 20.2. The third kappa shape index (κ3) is 2.92. The van der Waals surface area contributed by atoms with E-state index in [1.54, 1.807) is 25.3 Å². The minimum Gasteiger partial charge on any atom is -0.481 e. The highest BCUT2D eigenvalue weighted by molar-refractivity contribution is 7.98. The average Bonchev–Trinajstić information content (AvgIpc) is 2.87. The van der Waals surface area contributed by atoms with Gasteiger partial charge in [-0.3, -0.25) is 19.7 Å². The van der Waals surface area contributed by atoms with Gasteiger partial charge in [-0.15, -0.1) is 11.8 Å². The molecule has 1 amide bonds. The van der Waals surface area contributed by atoms with Crippen LogP contribution in [0, 0.1) is 16.0 Å². The minimum atomic E-state index is -0.925. The monoisotopic (exact) mass is 324 g/mol. The number of nitro groups is 1. The lowest BCUT2D eigenvalue weighted by molar-refractivity contribution is -0.387. The molecule has 2 unspecified atom stereocenters. The van der Waals surface area contributed by atoms with Crippen LogP contribution in [0.2, 0.25) is 0 Å². The molecule has 118 valence electrons. The van der Waals surface area contributed by atoms with Gasteiger partial charge >= 0.3 is 5.97 Å². The highest BCUT2D eigenvalue weighted by Crippen LogP contribution is 2.31. The second-order valence-corrected chi connectivity index (χ2v) is 5.96. The molecule has 1 fully saturated rings. The Morgan fingerprint density at radius 2 is 2.14 bits per heavy atom. The van der Waals surface area contributed by atoms with Gasteiger partial charge in [-0.05, 0) is 31.7 Å². The molecule has 0 aromatic heterocycles. The van der Waals surface area contributed by atoms with Crippen molar-refractivity contribution >= 4 is 29.3 Å². The first-order valence-corrected chi connectivity index (χ1v) is 7.95. The second kappa shape index (κ2) is 6.35. The number of nitro benzene ring substituents is 1. The van der Waals surface area contributed by atoms with Crippen LogP contribution in [0.5, 0.6) is 0 Å². The van der Waals surface area contributed by atoms with E-state index in [9.17, 15) is 19.7 Å². The summed E-state index contributed by atoms with van der Waals surface area (Å²) in [6.07, 6.45) is 2.12. The molecule has 0 bridgehead atoms. The van der Waals surface area contributed by atoms with Crippen molar-refractivity contribution in [2.24, 2.45) is 5.92 Å². The smallest absolute Gasteiger partial charge is 0.308 e. The van der Waals surface area contributed by atoms with E-state index in [4.69, 9.17) is 5.11 Å². The van der Waals surface area contributed by atoms with Crippen LogP contribution in [0.15, 0.2) is 23.1 Å². The van der Waals surface area contributed by atoms with Crippen LogP contribution >= 0.6 is 11.8 Å². The number of benzene rings is 1. The lowest BCUT2D eigenvalue weighted by Crippen LogP contribution is -2.37. The molecule has 1 aliphatic rings. The molecule has 1 saturated heterocycles. The normalized spacial score (nSPS) is 20.9. The maximum atomic E-state index is 12.5. The molecule has 1 aliphatic heterocycles. The molecular weight excluding hydrogens is 308 g/mol. The highest BCUT2D eigenvalue weighted by Gasteiger charge is 2.38. The van der Waals surface area contributed by atoms with Crippen LogP contribution in [0.4, 0.5) is 5.69 Å². The van der Waals surface area contributed by atoms with E-state index in [-0.39, 0.29) is 17.2 Å². The van der Waals surface area contributed by atoms with Crippen molar-refractivity contribution < 1.29 is 19.6 Å². The second-order valence-electron chi connectivity index (χ2n) is 5.12. The minimum absolute atomic E-state index is 0.111. The SMILES string of the molecule is CSc1ccc(C(=O)N2CCC(C(=O)O)C2C)cc1[N+](=O)[O-]. The maximum absolute atomic E-state index is 12.5. The number of hydrogen-bond acceptors (Lipinski definition) is 5. The zero-order valence-corrected chi connectivity index (χ0v) is 13.0. The van der Waals surface area contributed by atoms with Crippen LogP contribution in [-0.4, -0.2) is 45.6 Å². The van der Waals surface area contributed by atoms with Gasteiger partial charge in [0.2, 0.25) is 0 Å². The summed E-state index contributed by atoms with van der Waals surface area (Å²) in [7, 11) is 0. The fourth-order valence-electron chi connectivity index (χ4n) is 2.69. The molecule has 8 heteroatoms. The largest absolute Gasteiger partial charge is 0.481 e. The van der Waals surface area contributed by atoms with E-state index in [1.165, 1.54) is 22.7 Å². The van der Waals surface area contributed by atoms with E-state index in [0.29, 0.717) is 17.9 Å². The average molecular weight is 324 g/mol. The van der Waals surface area contributed by atoms with Crippen molar-refractivity contribution in [2.45, 2.75) is 24.3 Å². The Bertz CT molecular complexity index is 634. The predicted octanol–water partition coefficient (Wildman–Crippen LogP) is 2.25. The summed E-state index contributed by atoms with van der Waals surface area (Å²) in [6, 6.07) is 3.92. The Morgan fingerprint density at radius 1 is 1.45 bits per heavy atom. The summed E-state index contributed by atoms with van der Waals surface area (Å²) in [5.74, 6) is -1.89. The van der Waals surface area contributed by atoms with Crippen molar-refractivity contribution in [1.82, 2.24) is 4.90 Å². The van der Waals surface area contributed by atoms with Gasteiger partial charge in [-0.1, -0.05) is 0 Å². The third-order valence-corrected chi connectivity index (χ3v) is 4.74. The topological polar surface area (TPSA) is 101 Å². The fraction of sp³-hybridized carbons (Fsp3) is 0.429. The summed E-state index contributed by atoms with van der Waals surface area (Å²) < 4.78 is 0. The Hall–Kier alpha value is -2.09. The van der Waals surface area contributed by atoms with Crippen LogP contribution in [0.1, 0.15) is 23.7 Å². The predicted molar refractivity (Wildman–Crippen MR) is 81.1 cm³/mol. The van der Waals surface area contributed by atoms with E-state index >= 15 is 0 Å². The molecule has 1 aromatic rings. The highest BCUT2D eigenvalue weighted by atomic mass is 32.2. The molecule has 1 N–H and O–H groups in total. The van der Waals surface area contributed by atoms with Crippen molar-refractivity contribution in [1.29, 1.82) is 0 Å². The molecule has 0 saturated carbocycles. The van der Waals surface area contributed by atoms with Crippen LogP contribution in [-0.2, 0) is 4.79 Å². The van der Waals surface area contributed by atoms with Gasteiger partial charge in [0.1, 0.15) is 0 Å². The summed E-state index contributed by atoms with van der Waals surface area (Å²) in [6.45, 7) is 2.03. The first-order chi connectivity index (χ1) is 10.4. The molecule has 1 heterocycles. The molecule has 2 atom stereocenters. The van der Waals surface area contributed by atoms with Gasteiger partial charge in [0.15, 0.2) is 0 Å². The number of rotatable bonds is 4. The van der Waals surface area contributed by atoms with E-state index in [2.05, 4.69) is 0 Å². The Balaban J connectivity index is 2.29. The number of hydrogen-bond donors (Lipinski definition) is 1. The molecule has 2 rings (SSSR count). The Kier molecular flexibility index (Phi) is 4.70. The van der Waals surface area contributed by atoms with Crippen molar-refractivity contribution in [2.75, 3.05) is 12.8 Å². The molecule has 7 nitrogen and oxygen atoms in total. The molecule has 22 heavy (non-hydrogen) atoms. The van der Waals surface area contributed by atoms with Gasteiger partial charge in [0, 0.05) is 24.2 Å². The summed E-state index contributed by atoms with van der Waals surface area (Å²) in [5.41, 5.74) is 0.0994. The molecule has 1 aromatic carbocycles. The fourth-order valence-corrected chi connectivity index (χ4v) is 3.23. The third-order valence-electron chi connectivity index (χ3n) is 3.96. The van der Waals surface area contributed by atoms with Crippen molar-refractivity contribution in [3.8, 4) is 0 Å². The number of carbonyl (C=O) groups is 2. The first-order valence-electron chi connectivity index (χ1n) is 6.73. The molecule has 0 radical (unpaired) electrons. The first kappa shape index (κ1) is 16.3. The number of nitrogens with zero attached hydrogens (tertiary/aromatic N) is 2. The molecule has 0 aliphatic carbocycles. The van der Waals surface area contributed by atoms with Gasteiger partial charge < -0.3 is 10.0 Å². The van der Waals surface area contributed by atoms with Crippen LogP contribution < -0.4 is 0 Å². The number of carboxylic acids is 1. The number of aliphatic carboxylic acids is 1. The van der Waals surface area contributed by atoms with E-state index in [0.717, 1.165) is 0 Å². The van der Waals surface area contributed by atoms with Crippen LogP contribution in [0.3, 0.4) is 0 Å².